The highest BCUT2D eigenvalue weighted by molar-refractivity contribution is 7.12. The van der Waals surface area contributed by atoms with Gasteiger partial charge in [0.1, 0.15) is 17.4 Å². The Bertz CT molecular complexity index is 1570. The molecule has 0 saturated carbocycles. The lowest BCUT2D eigenvalue weighted by Gasteiger charge is -2.37. The number of aromatic nitrogens is 1. The topological polar surface area (TPSA) is 118 Å². The minimum absolute atomic E-state index is 0.0397. The summed E-state index contributed by atoms with van der Waals surface area (Å²) in [5.74, 6) is 0.377. The number of nitrogens with one attached hydrogen (secondary N) is 1. The van der Waals surface area contributed by atoms with Crippen molar-refractivity contribution in [3.8, 4) is 34.2 Å². The maximum atomic E-state index is 13.0. The van der Waals surface area contributed by atoms with Crippen molar-refractivity contribution in [1.82, 2.24) is 4.98 Å². The fourth-order valence-electron chi connectivity index (χ4n) is 3.65. The highest BCUT2D eigenvalue weighted by Crippen LogP contribution is 2.41. The molecule has 4 rings (SSSR count). The fourth-order valence-corrected chi connectivity index (χ4v) is 5.30. The van der Waals surface area contributed by atoms with Gasteiger partial charge in [-0.1, -0.05) is 39.0 Å². The summed E-state index contributed by atoms with van der Waals surface area (Å²) in [5, 5.41) is 25.9. The van der Waals surface area contributed by atoms with Gasteiger partial charge in [-0.3, -0.25) is 14.9 Å². The van der Waals surface area contributed by atoms with E-state index < -0.39 is 13.2 Å². The third kappa shape index (κ3) is 5.90. The Hall–Kier alpha value is -4.33. The molecule has 4 aromatic rings. The number of nitrogens with zero attached hydrogens (tertiary/aromatic N) is 3. The Morgan fingerprint density at radius 2 is 1.77 bits per heavy atom. The number of rotatable bonds is 7. The molecule has 0 spiro atoms. The molecule has 1 N–H and O–H groups in total. The molecule has 0 bridgehead atoms. The summed E-state index contributed by atoms with van der Waals surface area (Å²) < 4.78 is 6.65. The molecule has 0 atom stereocenters. The molecule has 10 heteroatoms. The third-order valence-electron chi connectivity index (χ3n) is 6.83. The van der Waals surface area contributed by atoms with Crippen LogP contribution >= 0.6 is 11.3 Å². The van der Waals surface area contributed by atoms with Crippen molar-refractivity contribution in [1.29, 1.82) is 5.26 Å². The molecule has 198 valence electrons. The summed E-state index contributed by atoms with van der Waals surface area (Å²) in [5.41, 5.74) is 2.36. The molecule has 2 aromatic carbocycles. The molecule has 2 aromatic heterocycles. The predicted octanol–water partition coefficient (Wildman–Crippen LogP) is 7.89. The zero-order valence-electron chi connectivity index (χ0n) is 22.3. The molecule has 1 amide bonds. The van der Waals surface area contributed by atoms with Gasteiger partial charge in [-0.25, -0.2) is 4.98 Å². The number of nitriles is 1. The number of anilines is 1. The van der Waals surface area contributed by atoms with E-state index in [0.29, 0.717) is 33.0 Å². The summed E-state index contributed by atoms with van der Waals surface area (Å²) >= 11 is 1.28. The Morgan fingerprint density at radius 1 is 1.08 bits per heavy atom. The number of thiophene rings is 1. The molecule has 39 heavy (non-hydrogen) atoms. The van der Waals surface area contributed by atoms with Crippen LogP contribution in [0.1, 0.15) is 36.0 Å². The van der Waals surface area contributed by atoms with Crippen molar-refractivity contribution in [3.05, 3.63) is 92.7 Å². The maximum Gasteiger partial charge on any atom is 0.269 e. The van der Waals surface area contributed by atoms with E-state index in [9.17, 15) is 20.2 Å². The lowest BCUT2D eigenvalue weighted by Crippen LogP contribution is -2.44. The number of para-hydroxylation sites is 1. The van der Waals surface area contributed by atoms with Crippen molar-refractivity contribution in [2.75, 3.05) is 5.32 Å². The summed E-state index contributed by atoms with van der Waals surface area (Å²) in [6.07, 6.45) is 0. The van der Waals surface area contributed by atoms with Crippen LogP contribution in [0.5, 0.6) is 5.75 Å². The minimum atomic E-state index is -2.21. The second-order valence-electron chi connectivity index (χ2n) is 10.5. The molecule has 0 saturated heterocycles. The number of nitro benzene ring substituents is 1. The number of non-ortho nitro benzene ring substituents is 1. The largest absolute Gasteiger partial charge is 0.543 e. The van der Waals surface area contributed by atoms with Crippen molar-refractivity contribution in [3.63, 3.8) is 0 Å². The zero-order valence-corrected chi connectivity index (χ0v) is 24.1. The van der Waals surface area contributed by atoms with Crippen LogP contribution in [-0.2, 0) is 0 Å². The lowest BCUT2D eigenvalue weighted by atomic mass is 9.98. The highest BCUT2D eigenvalue weighted by Gasteiger charge is 2.39. The Morgan fingerprint density at radius 3 is 2.36 bits per heavy atom. The maximum absolute atomic E-state index is 13.0. The van der Waals surface area contributed by atoms with Crippen LogP contribution in [0, 0.1) is 21.4 Å². The lowest BCUT2D eigenvalue weighted by molar-refractivity contribution is -0.384. The third-order valence-corrected chi connectivity index (χ3v) is 12.0. The van der Waals surface area contributed by atoms with Crippen molar-refractivity contribution in [2.24, 2.45) is 0 Å². The first-order chi connectivity index (χ1) is 18.4. The first-order valence-corrected chi connectivity index (χ1v) is 16.0. The standard InChI is InChI=1S/C29H28N4O4SSi/c1-29(2,3)39(4,5)37-25-10-7-6-9-21(25)24-17-22(19-12-14-20(15-13-19)33(35)36)23(18-30)27(31-24)32-28(34)26-11-8-16-38-26/h6-17H,1-5H3,(H,31,32,34). The molecule has 0 aliphatic carbocycles. The van der Waals surface area contributed by atoms with Gasteiger partial charge in [0.25, 0.3) is 19.9 Å². The van der Waals surface area contributed by atoms with Crippen LogP contribution in [0.3, 0.4) is 0 Å². The highest BCUT2D eigenvalue weighted by atomic mass is 32.1. The van der Waals surface area contributed by atoms with Gasteiger partial charge in [0.15, 0.2) is 5.82 Å². The van der Waals surface area contributed by atoms with Crippen LogP contribution in [-0.4, -0.2) is 24.1 Å². The van der Waals surface area contributed by atoms with Gasteiger partial charge in [0.2, 0.25) is 0 Å². The Kier molecular flexibility index (Phi) is 7.67. The fraction of sp³-hybridized carbons (Fsp3) is 0.207. The van der Waals surface area contributed by atoms with Crippen LogP contribution < -0.4 is 9.74 Å². The number of carbonyl (C=O) groups is 1. The summed E-state index contributed by atoms with van der Waals surface area (Å²) in [7, 11) is -2.21. The van der Waals surface area contributed by atoms with Gasteiger partial charge in [-0.05, 0) is 65.5 Å². The second kappa shape index (κ2) is 10.8. The average molecular weight is 557 g/mol. The summed E-state index contributed by atoms with van der Waals surface area (Å²) in [6.45, 7) is 10.8. The Labute approximate surface area is 232 Å². The predicted molar refractivity (Wildman–Crippen MR) is 157 cm³/mol. The van der Waals surface area contributed by atoms with E-state index in [-0.39, 0.29) is 28.0 Å². The van der Waals surface area contributed by atoms with E-state index in [0.717, 1.165) is 0 Å². The van der Waals surface area contributed by atoms with E-state index in [4.69, 9.17) is 9.41 Å². The van der Waals surface area contributed by atoms with Crippen LogP contribution in [0.15, 0.2) is 72.1 Å². The monoisotopic (exact) mass is 556 g/mol. The van der Waals surface area contributed by atoms with E-state index in [2.05, 4.69) is 45.3 Å². The molecule has 2 heterocycles. The number of benzene rings is 2. The number of nitro groups is 1. The van der Waals surface area contributed by atoms with Crippen molar-refractivity contribution in [2.45, 2.75) is 38.9 Å². The molecule has 0 unspecified atom stereocenters. The quantitative estimate of drug-likeness (QED) is 0.140. The van der Waals surface area contributed by atoms with Crippen LogP contribution in [0.4, 0.5) is 11.5 Å². The number of hydrogen-bond donors (Lipinski definition) is 1. The zero-order chi connectivity index (χ0) is 28.4. The molecule has 0 radical (unpaired) electrons. The normalized spacial score (nSPS) is 11.5. The molecule has 8 nitrogen and oxygen atoms in total. The first-order valence-electron chi connectivity index (χ1n) is 12.2. The van der Waals surface area contributed by atoms with E-state index >= 15 is 0 Å². The second-order valence-corrected chi connectivity index (χ2v) is 16.2. The van der Waals surface area contributed by atoms with Crippen molar-refractivity contribution < 1.29 is 14.1 Å². The average Bonchev–Trinajstić information content (AvgIpc) is 3.43. The smallest absolute Gasteiger partial charge is 0.269 e. The van der Waals surface area contributed by atoms with Gasteiger partial charge >= 0.3 is 0 Å². The molecular formula is C29H28N4O4SSi. The van der Waals surface area contributed by atoms with Crippen molar-refractivity contribution >= 4 is 37.1 Å². The van der Waals surface area contributed by atoms with Gasteiger partial charge in [-0.15, -0.1) is 11.3 Å². The molecular weight excluding hydrogens is 528 g/mol. The van der Waals surface area contributed by atoms with Gasteiger partial charge in [0, 0.05) is 23.3 Å². The van der Waals surface area contributed by atoms with Gasteiger partial charge < -0.3 is 9.74 Å². The minimum Gasteiger partial charge on any atom is -0.543 e. The van der Waals surface area contributed by atoms with E-state index in [1.54, 1.807) is 35.7 Å². The summed E-state index contributed by atoms with van der Waals surface area (Å²) in [4.78, 5) is 28.9. The van der Waals surface area contributed by atoms with Gasteiger partial charge in [-0.2, -0.15) is 5.26 Å². The molecule has 0 aliphatic rings. The molecule has 0 aliphatic heterocycles. The Balaban J connectivity index is 1.91. The van der Waals surface area contributed by atoms with Crippen LogP contribution in [0.2, 0.25) is 18.1 Å². The van der Waals surface area contributed by atoms with E-state index in [1.165, 1.54) is 23.5 Å². The number of carbonyl (C=O) groups excluding carboxylic acids is 1. The molecule has 0 fully saturated rings. The van der Waals surface area contributed by atoms with Crippen LogP contribution in [0.25, 0.3) is 22.4 Å². The van der Waals surface area contributed by atoms with E-state index in [1.807, 2.05) is 24.3 Å². The number of amides is 1. The first kappa shape index (κ1) is 27.7. The number of hydrogen-bond acceptors (Lipinski definition) is 7. The van der Waals surface area contributed by atoms with Gasteiger partial charge in [0.05, 0.1) is 15.5 Å². The summed E-state index contributed by atoms with van der Waals surface area (Å²) in [6, 6.07) is 20.9. The number of pyridine rings is 1. The SMILES string of the molecule is CC(C)(C)[Si](C)(C)Oc1ccccc1-c1cc(-c2ccc([N+](=O)[O-])cc2)c(C#N)c(NC(=O)c2cccs2)n1.